The van der Waals surface area contributed by atoms with Gasteiger partial charge in [0.15, 0.2) is 0 Å². The third-order valence-electron chi connectivity index (χ3n) is 2.71. The van der Waals surface area contributed by atoms with Crippen LogP contribution in [0.2, 0.25) is 0 Å². The molecule has 2 heterocycles. The lowest BCUT2D eigenvalue weighted by Gasteiger charge is -2.33. The Morgan fingerprint density at radius 1 is 1.50 bits per heavy atom. The first-order valence-electron chi connectivity index (χ1n) is 5.61. The van der Waals surface area contributed by atoms with Gasteiger partial charge in [0, 0.05) is 13.1 Å². The van der Waals surface area contributed by atoms with Crippen LogP contribution in [-0.2, 0) is 11.3 Å². The van der Waals surface area contributed by atoms with Gasteiger partial charge in [-0.3, -0.25) is 4.98 Å². The van der Waals surface area contributed by atoms with Crippen LogP contribution in [0.4, 0.5) is 5.82 Å². The average molecular weight is 222 g/mol. The summed E-state index contributed by atoms with van der Waals surface area (Å²) >= 11 is 0. The standard InChI is InChI=1S/C11H18N4O/c1-9-8-16-4-3-15(9)11-7-13-10(5-12-2)6-14-11/h6-7,9,12H,3-5,8H2,1-2H3. The number of nitrogens with one attached hydrogen (secondary N) is 1. The molecule has 0 bridgehead atoms. The third kappa shape index (κ3) is 2.48. The van der Waals surface area contributed by atoms with Crippen molar-refractivity contribution in [2.75, 3.05) is 31.7 Å². The van der Waals surface area contributed by atoms with E-state index in [-0.39, 0.29) is 0 Å². The van der Waals surface area contributed by atoms with Crippen LogP contribution in [0.15, 0.2) is 12.4 Å². The van der Waals surface area contributed by atoms with Gasteiger partial charge in [0.2, 0.25) is 0 Å². The molecule has 1 unspecified atom stereocenters. The quantitative estimate of drug-likeness (QED) is 0.803. The molecule has 0 aromatic carbocycles. The Kier molecular flexibility index (Phi) is 3.69. The smallest absolute Gasteiger partial charge is 0.147 e. The van der Waals surface area contributed by atoms with Crippen molar-refractivity contribution >= 4 is 5.82 Å². The third-order valence-corrected chi connectivity index (χ3v) is 2.71. The van der Waals surface area contributed by atoms with Crippen LogP contribution in [0, 0.1) is 0 Å². The molecule has 0 amide bonds. The molecule has 1 aliphatic rings. The Balaban J connectivity index is 2.08. The fourth-order valence-electron chi connectivity index (χ4n) is 1.84. The fourth-order valence-corrected chi connectivity index (χ4v) is 1.84. The molecular formula is C11H18N4O. The van der Waals surface area contributed by atoms with Crippen LogP contribution >= 0.6 is 0 Å². The molecule has 1 atom stereocenters. The van der Waals surface area contributed by atoms with E-state index in [2.05, 4.69) is 27.1 Å². The Hall–Kier alpha value is -1.20. The average Bonchev–Trinajstić information content (AvgIpc) is 2.31. The highest BCUT2D eigenvalue weighted by Gasteiger charge is 2.20. The summed E-state index contributed by atoms with van der Waals surface area (Å²) in [5, 5.41) is 3.06. The molecule has 88 valence electrons. The van der Waals surface area contributed by atoms with E-state index in [9.17, 15) is 0 Å². The first kappa shape index (κ1) is 11.3. The molecular weight excluding hydrogens is 204 g/mol. The summed E-state index contributed by atoms with van der Waals surface area (Å²) in [6.45, 7) is 5.32. The van der Waals surface area contributed by atoms with Gasteiger partial charge < -0.3 is 15.0 Å². The van der Waals surface area contributed by atoms with Crippen molar-refractivity contribution in [3.63, 3.8) is 0 Å². The van der Waals surface area contributed by atoms with Gasteiger partial charge in [-0.25, -0.2) is 4.98 Å². The minimum Gasteiger partial charge on any atom is -0.377 e. The van der Waals surface area contributed by atoms with E-state index in [0.29, 0.717) is 6.04 Å². The molecule has 1 aliphatic heterocycles. The lowest BCUT2D eigenvalue weighted by atomic mass is 10.2. The summed E-state index contributed by atoms with van der Waals surface area (Å²) in [6.07, 6.45) is 3.67. The molecule has 0 radical (unpaired) electrons. The van der Waals surface area contributed by atoms with Crippen molar-refractivity contribution in [1.29, 1.82) is 0 Å². The first-order chi connectivity index (χ1) is 7.81. The number of hydrogen-bond donors (Lipinski definition) is 1. The van der Waals surface area contributed by atoms with Crippen molar-refractivity contribution in [3.05, 3.63) is 18.1 Å². The largest absolute Gasteiger partial charge is 0.377 e. The maximum Gasteiger partial charge on any atom is 0.147 e. The number of hydrogen-bond acceptors (Lipinski definition) is 5. The number of anilines is 1. The summed E-state index contributed by atoms with van der Waals surface area (Å²) in [6, 6.07) is 0.373. The number of ether oxygens (including phenoxy) is 1. The molecule has 2 rings (SSSR count). The highest BCUT2D eigenvalue weighted by atomic mass is 16.5. The molecule has 0 aliphatic carbocycles. The van der Waals surface area contributed by atoms with Crippen molar-refractivity contribution in [1.82, 2.24) is 15.3 Å². The maximum atomic E-state index is 5.40. The van der Waals surface area contributed by atoms with Crippen molar-refractivity contribution in [2.24, 2.45) is 0 Å². The lowest BCUT2D eigenvalue weighted by Crippen LogP contribution is -2.44. The Morgan fingerprint density at radius 2 is 2.38 bits per heavy atom. The molecule has 1 saturated heterocycles. The molecule has 1 N–H and O–H groups in total. The second kappa shape index (κ2) is 5.23. The highest BCUT2D eigenvalue weighted by molar-refractivity contribution is 5.37. The van der Waals surface area contributed by atoms with Crippen molar-refractivity contribution in [2.45, 2.75) is 19.5 Å². The summed E-state index contributed by atoms with van der Waals surface area (Å²) < 4.78 is 5.40. The van der Waals surface area contributed by atoms with Gasteiger partial charge in [-0.1, -0.05) is 0 Å². The van der Waals surface area contributed by atoms with E-state index in [1.165, 1.54) is 0 Å². The van der Waals surface area contributed by atoms with Gasteiger partial charge in [0.05, 0.1) is 37.3 Å². The lowest BCUT2D eigenvalue weighted by molar-refractivity contribution is 0.0985. The van der Waals surface area contributed by atoms with E-state index in [0.717, 1.165) is 37.8 Å². The van der Waals surface area contributed by atoms with Crippen LogP contribution in [-0.4, -0.2) is 42.8 Å². The van der Waals surface area contributed by atoms with E-state index in [4.69, 9.17) is 4.74 Å². The molecule has 0 spiro atoms. The Bertz CT molecular complexity index is 327. The van der Waals surface area contributed by atoms with Gasteiger partial charge in [-0.2, -0.15) is 0 Å². The molecule has 5 nitrogen and oxygen atoms in total. The van der Waals surface area contributed by atoms with Gasteiger partial charge >= 0.3 is 0 Å². The van der Waals surface area contributed by atoms with Crippen molar-refractivity contribution < 1.29 is 4.74 Å². The van der Waals surface area contributed by atoms with Crippen LogP contribution in [0.3, 0.4) is 0 Å². The van der Waals surface area contributed by atoms with E-state index < -0.39 is 0 Å². The molecule has 1 aromatic heterocycles. The SMILES string of the molecule is CNCc1cnc(N2CCOCC2C)cn1. The zero-order valence-corrected chi connectivity index (χ0v) is 9.81. The minimum absolute atomic E-state index is 0.373. The Labute approximate surface area is 95.8 Å². The van der Waals surface area contributed by atoms with Gasteiger partial charge in [-0.15, -0.1) is 0 Å². The molecule has 5 heteroatoms. The zero-order valence-electron chi connectivity index (χ0n) is 9.81. The van der Waals surface area contributed by atoms with E-state index in [1.54, 1.807) is 0 Å². The van der Waals surface area contributed by atoms with Crippen LogP contribution in [0.5, 0.6) is 0 Å². The van der Waals surface area contributed by atoms with Crippen molar-refractivity contribution in [3.8, 4) is 0 Å². The predicted molar refractivity (Wildman–Crippen MR) is 62.4 cm³/mol. The van der Waals surface area contributed by atoms with E-state index in [1.807, 2.05) is 19.4 Å². The summed E-state index contributed by atoms with van der Waals surface area (Å²) in [7, 11) is 1.90. The highest BCUT2D eigenvalue weighted by Crippen LogP contribution is 2.15. The van der Waals surface area contributed by atoms with Gasteiger partial charge in [0.25, 0.3) is 0 Å². The number of nitrogens with zero attached hydrogens (tertiary/aromatic N) is 3. The van der Waals surface area contributed by atoms with Crippen LogP contribution < -0.4 is 10.2 Å². The molecule has 1 aromatic rings. The van der Waals surface area contributed by atoms with Gasteiger partial charge in [0.1, 0.15) is 5.82 Å². The zero-order chi connectivity index (χ0) is 11.4. The van der Waals surface area contributed by atoms with Gasteiger partial charge in [-0.05, 0) is 14.0 Å². The Morgan fingerprint density at radius 3 is 3.00 bits per heavy atom. The number of morpholine rings is 1. The molecule has 16 heavy (non-hydrogen) atoms. The number of aromatic nitrogens is 2. The topological polar surface area (TPSA) is 50.3 Å². The first-order valence-corrected chi connectivity index (χ1v) is 5.61. The maximum absolute atomic E-state index is 5.40. The minimum atomic E-state index is 0.373. The normalized spacial score (nSPS) is 21.1. The number of rotatable bonds is 3. The monoisotopic (exact) mass is 222 g/mol. The second-order valence-electron chi connectivity index (χ2n) is 4.01. The summed E-state index contributed by atoms with van der Waals surface area (Å²) in [4.78, 5) is 11.0. The summed E-state index contributed by atoms with van der Waals surface area (Å²) in [5.74, 6) is 0.940. The molecule has 1 fully saturated rings. The fraction of sp³-hybridized carbons (Fsp3) is 0.636. The predicted octanol–water partition coefficient (Wildman–Crippen LogP) is 0.421. The van der Waals surface area contributed by atoms with Crippen LogP contribution in [0.25, 0.3) is 0 Å². The second-order valence-corrected chi connectivity index (χ2v) is 4.01. The molecule has 0 saturated carbocycles. The summed E-state index contributed by atoms with van der Waals surface area (Å²) in [5.41, 5.74) is 0.965. The van der Waals surface area contributed by atoms with E-state index >= 15 is 0 Å². The van der Waals surface area contributed by atoms with Crippen LogP contribution in [0.1, 0.15) is 12.6 Å².